The first-order valence-electron chi connectivity index (χ1n) is 8.83. The molecule has 1 N–H and O–H groups in total. The van der Waals surface area contributed by atoms with Crippen molar-refractivity contribution in [1.29, 1.82) is 0 Å². The van der Waals surface area contributed by atoms with Gasteiger partial charge in [0.25, 0.3) is 0 Å². The van der Waals surface area contributed by atoms with Gasteiger partial charge in [-0.1, -0.05) is 30.3 Å². The second-order valence-electron chi connectivity index (χ2n) is 6.64. The number of esters is 1. The van der Waals surface area contributed by atoms with Crippen LogP contribution in [0.3, 0.4) is 0 Å². The molecule has 1 saturated heterocycles. The summed E-state index contributed by atoms with van der Waals surface area (Å²) in [6, 6.07) is 11.3. The van der Waals surface area contributed by atoms with Gasteiger partial charge >= 0.3 is 5.97 Å². The normalized spacial score (nSPS) is 15.9. The maximum Gasteiger partial charge on any atom is 0.350 e. The summed E-state index contributed by atoms with van der Waals surface area (Å²) in [5, 5.41) is 2.84. The minimum absolute atomic E-state index is 0.212. The van der Waals surface area contributed by atoms with E-state index in [4.69, 9.17) is 4.74 Å². The van der Waals surface area contributed by atoms with Crippen LogP contribution in [0.1, 0.15) is 22.5 Å². The summed E-state index contributed by atoms with van der Waals surface area (Å²) >= 11 is 1.26. The van der Waals surface area contributed by atoms with Gasteiger partial charge in [0.1, 0.15) is 4.88 Å². The summed E-state index contributed by atoms with van der Waals surface area (Å²) in [6.45, 7) is 0.638. The molecule has 0 spiro atoms. The maximum absolute atomic E-state index is 12.7. The highest BCUT2D eigenvalue weighted by Gasteiger charge is 2.30. The lowest BCUT2D eigenvalue weighted by Gasteiger charge is -2.29. The minimum atomic E-state index is -3.24. The molecule has 1 aliphatic rings. The summed E-state index contributed by atoms with van der Waals surface area (Å²) in [6.07, 6.45) is 2.07. The number of methoxy groups -OCH3 is 1. The highest BCUT2D eigenvalue weighted by molar-refractivity contribution is 7.88. The lowest BCUT2D eigenvalue weighted by atomic mass is 9.97. The van der Waals surface area contributed by atoms with Crippen LogP contribution < -0.4 is 5.32 Å². The van der Waals surface area contributed by atoms with Crippen LogP contribution in [0.5, 0.6) is 0 Å². The molecule has 150 valence electrons. The van der Waals surface area contributed by atoms with E-state index >= 15 is 0 Å². The van der Waals surface area contributed by atoms with Crippen LogP contribution in [-0.4, -0.2) is 51.1 Å². The second kappa shape index (κ2) is 8.42. The van der Waals surface area contributed by atoms with Gasteiger partial charge in [-0.15, -0.1) is 11.3 Å². The summed E-state index contributed by atoms with van der Waals surface area (Å²) in [7, 11) is -1.94. The van der Waals surface area contributed by atoms with Crippen LogP contribution in [0, 0.1) is 5.92 Å². The van der Waals surface area contributed by atoms with E-state index in [1.807, 2.05) is 30.3 Å². The average Bonchev–Trinajstić information content (AvgIpc) is 3.11. The molecule has 1 aromatic heterocycles. The first-order valence-corrected chi connectivity index (χ1v) is 11.5. The molecule has 1 fully saturated rings. The molecular weight excluding hydrogens is 400 g/mol. The van der Waals surface area contributed by atoms with E-state index in [2.05, 4.69) is 5.32 Å². The first kappa shape index (κ1) is 20.5. The number of carbonyl (C=O) groups is 2. The summed E-state index contributed by atoms with van der Waals surface area (Å²) in [5.74, 6) is -1.02. The fraction of sp³-hybridized carbons (Fsp3) is 0.368. The van der Waals surface area contributed by atoms with Crippen molar-refractivity contribution in [3.05, 3.63) is 41.3 Å². The van der Waals surface area contributed by atoms with Crippen LogP contribution >= 0.6 is 11.3 Å². The number of carbonyl (C=O) groups excluding carboxylic acids is 2. The molecule has 1 aliphatic heterocycles. The molecule has 9 heteroatoms. The molecular formula is C19H22N2O5S2. The average molecular weight is 423 g/mol. The number of ether oxygens (including phenoxy) is 1. The monoisotopic (exact) mass is 422 g/mol. The Hall–Kier alpha value is -2.23. The van der Waals surface area contributed by atoms with E-state index in [1.54, 1.807) is 6.07 Å². The molecule has 28 heavy (non-hydrogen) atoms. The predicted octanol–water partition coefficient (Wildman–Crippen LogP) is 2.81. The number of nitrogens with zero attached hydrogens (tertiary/aromatic N) is 1. The number of nitrogens with one attached hydrogen (secondary N) is 1. The Kier molecular flexibility index (Phi) is 6.17. The third-order valence-corrected chi connectivity index (χ3v) is 7.18. The first-order chi connectivity index (χ1) is 13.3. The van der Waals surface area contributed by atoms with Crippen molar-refractivity contribution in [3.8, 4) is 10.4 Å². The minimum Gasteiger partial charge on any atom is -0.465 e. The van der Waals surface area contributed by atoms with Gasteiger partial charge < -0.3 is 10.1 Å². The Bertz CT molecular complexity index is 961. The number of hydrogen-bond donors (Lipinski definition) is 1. The zero-order chi connectivity index (χ0) is 20.3. The molecule has 1 amide bonds. The predicted molar refractivity (Wildman–Crippen MR) is 109 cm³/mol. The van der Waals surface area contributed by atoms with E-state index in [0.29, 0.717) is 36.5 Å². The molecule has 0 bridgehead atoms. The fourth-order valence-electron chi connectivity index (χ4n) is 3.16. The lowest BCUT2D eigenvalue weighted by molar-refractivity contribution is -0.120. The highest BCUT2D eigenvalue weighted by atomic mass is 32.2. The number of amides is 1. The van der Waals surface area contributed by atoms with Crippen molar-refractivity contribution in [2.75, 3.05) is 31.8 Å². The van der Waals surface area contributed by atoms with Crippen molar-refractivity contribution < 1.29 is 22.7 Å². The molecule has 0 atom stereocenters. The molecule has 3 rings (SSSR count). The number of benzene rings is 1. The van der Waals surface area contributed by atoms with Gasteiger partial charge in [-0.25, -0.2) is 17.5 Å². The standard InChI is InChI=1S/C19H22N2O5S2/c1-26-19(23)17-15(12-16(27-17)13-6-4-3-5-7-13)20-18(22)14-8-10-21(11-9-14)28(2,24)25/h3-7,12,14H,8-11H2,1-2H3,(H,20,22). The lowest BCUT2D eigenvalue weighted by Crippen LogP contribution is -2.40. The van der Waals surface area contributed by atoms with Crippen molar-refractivity contribution in [3.63, 3.8) is 0 Å². The Labute approximate surface area is 168 Å². The molecule has 2 aromatic rings. The smallest absolute Gasteiger partial charge is 0.350 e. The van der Waals surface area contributed by atoms with E-state index in [9.17, 15) is 18.0 Å². The Morgan fingerprint density at radius 3 is 2.39 bits per heavy atom. The van der Waals surface area contributed by atoms with Crippen LogP contribution in [0.25, 0.3) is 10.4 Å². The van der Waals surface area contributed by atoms with Crippen molar-refractivity contribution >= 4 is 38.9 Å². The SMILES string of the molecule is COC(=O)c1sc(-c2ccccc2)cc1NC(=O)C1CCN(S(C)(=O)=O)CC1. The molecule has 0 radical (unpaired) electrons. The van der Waals surface area contributed by atoms with Crippen molar-refractivity contribution in [2.45, 2.75) is 12.8 Å². The number of hydrogen-bond acceptors (Lipinski definition) is 6. The zero-order valence-electron chi connectivity index (χ0n) is 15.7. The quantitative estimate of drug-likeness (QED) is 0.748. The van der Waals surface area contributed by atoms with Gasteiger partial charge in [0, 0.05) is 23.9 Å². The van der Waals surface area contributed by atoms with Crippen LogP contribution in [-0.2, 0) is 19.6 Å². The third kappa shape index (κ3) is 4.60. The van der Waals surface area contributed by atoms with Gasteiger partial charge in [0.2, 0.25) is 15.9 Å². The van der Waals surface area contributed by atoms with E-state index in [-0.39, 0.29) is 11.8 Å². The number of anilines is 1. The van der Waals surface area contributed by atoms with Gasteiger partial charge in [-0.05, 0) is 24.5 Å². The molecule has 0 unspecified atom stereocenters. The second-order valence-corrected chi connectivity index (χ2v) is 9.67. The van der Waals surface area contributed by atoms with Crippen LogP contribution in [0.4, 0.5) is 5.69 Å². The van der Waals surface area contributed by atoms with Crippen molar-refractivity contribution in [1.82, 2.24) is 4.31 Å². The van der Waals surface area contributed by atoms with Gasteiger partial charge in [0.15, 0.2) is 0 Å². The largest absolute Gasteiger partial charge is 0.465 e. The molecule has 0 aliphatic carbocycles. The third-order valence-electron chi connectivity index (χ3n) is 4.71. The number of rotatable bonds is 5. The molecule has 7 nitrogen and oxygen atoms in total. The van der Waals surface area contributed by atoms with Gasteiger partial charge in [-0.3, -0.25) is 4.79 Å². The van der Waals surface area contributed by atoms with E-state index < -0.39 is 16.0 Å². The number of sulfonamides is 1. The summed E-state index contributed by atoms with van der Waals surface area (Å²) in [5.41, 5.74) is 1.37. The number of thiophene rings is 1. The van der Waals surface area contributed by atoms with E-state index in [1.165, 1.54) is 29.0 Å². The maximum atomic E-state index is 12.7. The summed E-state index contributed by atoms with van der Waals surface area (Å²) < 4.78 is 29.5. The zero-order valence-corrected chi connectivity index (χ0v) is 17.3. The Morgan fingerprint density at radius 1 is 1.18 bits per heavy atom. The fourth-order valence-corrected chi connectivity index (χ4v) is 5.07. The number of piperidine rings is 1. The van der Waals surface area contributed by atoms with Gasteiger partial charge in [-0.2, -0.15) is 0 Å². The van der Waals surface area contributed by atoms with Crippen molar-refractivity contribution in [2.24, 2.45) is 5.92 Å². The molecule has 1 aromatic carbocycles. The highest BCUT2D eigenvalue weighted by Crippen LogP contribution is 2.36. The van der Waals surface area contributed by atoms with Crippen LogP contribution in [0.2, 0.25) is 0 Å². The van der Waals surface area contributed by atoms with Crippen LogP contribution in [0.15, 0.2) is 36.4 Å². The van der Waals surface area contributed by atoms with Gasteiger partial charge in [0.05, 0.1) is 19.1 Å². The Balaban J connectivity index is 1.77. The van der Waals surface area contributed by atoms with E-state index in [0.717, 1.165) is 10.4 Å². The summed E-state index contributed by atoms with van der Waals surface area (Å²) in [4.78, 5) is 26.0. The molecule has 0 saturated carbocycles. The molecule has 2 heterocycles. The Morgan fingerprint density at radius 2 is 1.82 bits per heavy atom. The topological polar surface area (TPSA) is 92.8 Å².